The van der Waals surface area contributed by atoms with E-state index in [0.29, 0.717) is 48.5 Å². The zero-order chi connectivity index (χ0) is 21.0. The number of hydrogen-bond acceptors (Lipinski definition) is 5. The van der Waals surface area contributed by atoms with Gasteiger partial charge in [-0.05, 0) is 31.7 Å². The third kappa shape index (κ3) is 5.20. The van der Waals surface area contributed by atoms with Gasteiger partial charge in [-0.3, -0.25) is 9.69 Å². The lowest BCUT2D eigenvalue weighted by Crippen LogP contribution is -2.45. The molecule has 2 aromatic heterocycles. The Balaban J connectivity index is 1.67. The zero-order valence-electron chi connectivity index (χ0n) is 17.2. The van der Waals surface area contributed by atoms with Crippen molar-refractivity contribution in [2.45, 2.75) is 58.1 Å². The van der Waals surface area contributed by atoms with Crippen LogP contribution in [0.1, 0.15) is 50.0 Å². The van der Waals surface area contributed by atoms with E-state index in [-0.39, 0.29) is 24.6 Å². The van der Waals surface area contributed by atoms with E-state index in [1.165, 1.54) is 0 Å². The maximum Gasteiger partial charge on any atom is 0.272 e. The minimum absolute atomic E-state index is 0.0427. The fourth-order valence-corrected chi connectivity index (χ4v) is 3.68. The molecule has 1 amide bonds. The van der Waals surface area contributed by atoms with Gasteiger partial charge in [0.2, 0.25) is 5.88 Å². The quantitative estimate of drug-likeness (QED) is 0.726. The molecule has 1 saturated heterocycles. The fourth-order valence-electron chi connectivity index (χ4n) is 3.68. The van der Waals surface area contributed by atoms with E-state index in [2.05, 4.69) is 29.2 Å². The number of piperidine rings is 1. The van der Waals surface area contributed by atoms with Crippen LogP contribution in [0.5, 0.6) is 5.88 Å². The molecule has 29 heavy (non-hydrogen) atoms. The Morgan fingerprint density at radius 2 is 1.97 bits per heavy atom. The predicted molar refractivity (Wildman–Crippen MR) is 106 cm³/mol. The summed E-state index contributed by atoms with van der Waals surface area (Å²) >= 11 is 0. The number of nitrogens with one attached hydrogen (secondary N) is 1. The molecule has 3 rings (SSSR count). The second-order valence-electron chi connectivity index (χ2n) is 7.49. The first-order chi connectivity index (χ1) is 13.9. The van der Waals surface area contributed by atoms with E-state index in [4.69, 9.17) is 4.74 Å². The third-order valence-electron chi connectivity index (χ3n) is 5.39. The first-order valence-electron chi connectivity index (χ1n) is 10.2. The molecule has 0 aliphatic carbocycles. The first-order valence-corrected chi connectivity index (χ1v) is 10.2. The van der Waals surface area contributed by atoms with E-state index in [1.54, 1.807) is 22.7 Å². The highest BCUT2D eigenvalue weighted by Gasteiger charge is 2.25. The number of hydrogen-bond donors (Lipinski definition) is 1. The van der Waals surface area contributed by atoms with E-state index in [1.807, 2.05) is 6.07 Å². The molecule has 0 saturated carbocycles. The largest absolute Gasteiger partial charge is 0.474 e. The topological polar surface area (TPSA) is 72.3 Å². The van der Waals surface area contributed by atoms with Crippen molar-refractivity contribution in [1.29, 1.82) is 0 Å². The molecular weight excluding hydrogens is 380 g/mol. The number of aryl methyl sites for hydroxylation is 1. The van der Waals surface area contributed by atoms with E-state index < -0.39 is 6.43 Å². The highest BCUT2D eigenvalue weighted by Crippen LogP contribution is 2.22. The Labute approximate surface area is 169 Å². The van der Waals surface area contributed by atoms with Gasteiger partial charge in [0.25, 0.3) is 12.3 Å². The molecule has 0 atom stereocenters. The molecule has 0 aromatic carbocycles. The van der Waals surface area contributed by atoms with E-state index >= 15 is 0 Å². The SMILES string of the molecule is CCC(CC)Oc1ccc2c(C(=O)NC3CCN(CC(F)F)CC3)nn(C)c2n1. The number of rotatable bonds is 8. The highest BCUT2D eigenvalue weighted by molar-refractivity contribution is 6.04. The Morgan fingerprint density at radius 1 is 1.28 bits per heavy atom. The van der Waals surface area contributed by atoms with E-state index in [0.717, 1.165) is 12.8 Å². The van der Waals surface area contributed by atoms with Gasteiger partial charge >= 0.3 is 0 Å². The number of aromatic nitrogens is 3. The van der Waals surface area contributed by atoms with Crippen molar-refractivity contribution in [3.63, 3.8) is 0 Å². The molecule has 7 nitrogen and oxygen atoms in total. The number of carbonyl (C=O) groups excluding carboxylic acids is 1. The smallest absolute Gasteiger partial charge is 0.272 e. The lowest BCUT2D eigenvalue weighted by atomic mass is 10.0. The molecule has 0 bridgehead atoms. The number of fused-ring (bicyclic) bond motifs is 1. The first kappa shape index (κ1) is 21.4. The lowest BCUT2D eigenvalue weighted by molar-refractivity contribution is 0.0695. The molecule has 1 aliphatic heterocycles. The average Bonchev–Trinajstić information content (AvgIpc) is 3.03. The third-order valence-corrected chi connectivity index (χ3v) is 5.39. The van der Waals surface area contributed by atoms with Crippen molar-refractivity contribution < 1.29 is 18.3 Å². The number of ether oxygens (including phenoxy) is 1. The Bertz CT molecular complexity index is 830. The van der Waals surface area contributed by atoms with Gasteiger partial charge in [0.1, 0.15) is 0 Å². The second-order valence-corrected chi connectivity index (χ2v) is 7.49. The van der Waals surface area contributed by atoms with Gasteiger partial charge in [-0.1, -0.05) is 13.8 Å². The number of alkyl halides is 2. The lowest BCUT2D eigenvalue weighted by Gasteiger charge is -2.31. The summed E-state index contributed by atoms with van der Waals surface area (Å²) in [5.41, 5.74) is 0.907. The van der Waals surface area contributed by atoms with Crippen LogP contribution >= 0.6 is 0 Å². The van der Waals surface area contributed by atoms with Crippen LogP contribution in [-0.2, 0) is 7.05 Å². The van der Waals surface area contributed by atoms with E-state index in [9.17, 15) is 13.6 Å². The van der Waals surface area contributed by atoms with Gasteiger partial charge < -0.3 is 10.1 Å². The van der Waals surface area contributed by atoms with Gasteiger partial charge in [-0.2, -0.15) is 10.1 Å². The Kier molecular flexibility index (Phi) is 7.00. The summed E-state index contributed by atoms with van der Waals surface area (Å²) < 4.78 is 32.5. The fraction of sp³-hybridized carbons (Fsp3) is 0.650. The summed E-state index contributed by atoms with van der Waals surface area (Å²) in [5.74, 6) is 0.255. The van der Waals surface area contributed by atoms with Crippen LogP contribution in [0.25, 0.3) is 11.0 Å². The van der Waals surface area contributed by atoms with Gasteiger partial charge in [0.05, 0.1) is 18.0 Å². The molecular formula is C20H29F2N5O2. The molecule has 3 heterocycles. The van der Waals surface area contributed by atoms with Crippen LogP contribution in [0.2, 0.25) is 0 Å². The predicted octanol–water partition coefficient (Wildman–Crippen LogP) is 3.00. The molecule has 1 fully saturated rings. The summed E-state index contributed by atoms with van der Waals surface area (Å²) in [6.07, 6.45) is 0.861. The van der Waals surface area contributed by atoms with Gasteiger partial charge in [0.15, 0.2) is 11.3 Å². The molecule has 0 unspecified atom stereocenters. The monoisotopic (exact) mass is 409 g/mol. The molecule has 1 aliphatic rings. The van der Waals surface area contributed by atoms with Gasteiger partial charge in [0, 0.05) is 32.2 Å². The van der Waals surface area contributed by atoms with Gasteiger partial charge in [-0.15, -0.1) is 0 Å². The summed E-state index contributed by atoms with van der Waals surface area (Å²) in [7, 11) is 1.75. The molecule has 0 spiro atoms. The summed E-state index contributed by atoms with van der Waals surface area (Å²) in [4.78, 5) is 19.0. The number of carbonyl (C=O) groups is 1. The number of amides is 1. The van der Waals surface area contributed by atoms with Crippen LogP contribution in [0.15, 0.2) is 12.1 Å². The number of halogens is 2. The van der Waals surface area contributed by atoms with Crippen LogP contribution in [-0.4, -0.2) is 63.8 Å². The Morgan fingerprint density at radius 3 is 2.59 bits per heavy atom. The van der Waals surface area contributed by atoms with Crippen molar-refractivity contribution >= 4 is 16.9 Å². The maximum atomic E-state index is 12.8. The van der Waals surface area contributed by atoms with Crippen molar-refractivity contribution in [2.75, 3.05) is 19.6 Å². The molecule has 160 valence electrons. The molecule has 2 aromatic rings. The summed E-state index contributed by atoms with van der Waals surface area (Å²) in [5, 5.41) is 8.00. The molecule has 1 N–H and O–H groups in total. The maximum absolute atomic E-state index is 12.8. The zero-order valence-corrected chi connectivity index (χ0v) is 17.2. The summed E-state index contributed by atoms with van der Waals surface area (Å²) in [6, 6.07) is 3.54. The normalized spacial score (nSPS) is 16.1. The summed E-state index contributed by atoms with van der Waals surface area (Å²) in [6.45, 7) is 5.03. The highest BCUT2D eigenvalue weighted by atomic mass is 19.3. The van der Waals surface area contributed by atoms with Crippen LogP contribution in [0.4, 0.5) is 8.78 Å². The average molecular weight is 409 g/mol. The Hall–Kier alpha value is -2.29. The van der Waals surface area contributed by atoms with Crippen molar-refractivity contribution in [3.8, 4) is 5.88 Å². The minimum atomic E-state index is -2.33. The number of likely N-dealkylation sites (tertiary alicyclic amines) is 1. The minimum Gasteiger partial charge on any atom is -0.474 e. The van der Waals surface area contributed by atoms with Crippen molar-refractivity contribution in [3.05, 3.63) is 17.8 Å². The van der Waals surface area contributed by atoms with Crippen LogP contribution in [0, 0.1) is 0 Å². The van der Waals surface area contributed by atoms with Gasteiger partial charge in [-0.25, -0.2) is 13.5 Å². The molecule has 0 radical (unpaired) electrons. The van der Waals surface area contributed by atoms with Crippen molar-refractivity contribution in [2.24, 2.45) is 7.05 Å². The standard InChI is InChI=1S/C20H29F2N5O2/c1-4-14(5-2)29-17-7-6-15-18(25-26(3)19(15)24-17)20(28)23-13-8-10-27(11-9-13)12-16(21)22/h6-7,13-14,16H,4-5,8-12H2,1-3H3,(H,23,28). The van der Waals surface area contributed by atoms with Crippen LogP contribution < -0.4 is 10.1 Å². The second kappa shape index (κ2) is 9.47. The van der Waals surface area contributed by atoms with Crippen molar-refractivity contribution in [1.82, 2.24) is 25.0 Å². The number of nitrogens with zero attached hydrogens (tertiary/aromatic N) is 4. The number of pyridine rings is 1. The van der Waals surface area contributed by atoms with Crippen LogP contribution in [0.3, 0.4) is 0 Å². The molecule has 9 heteroatoms.